The van der Waals surface area contributed by atoms with E-state index in [9.17, 15) is 4.79 Å². The van der Waals surface area contributed by atoms with E-state index in [1.165, 1.54) is 4.90 Å². The van der Waals surface area contributed by atoms with Gasteiger partial charge in [-0.25, -0.2) is 0 Å². The van der Waals surface area contributed by atoms with Crippen molar-refractivity contribution in [2.45, 2.75) is 14.7 Å². The minimum Gasteiger partial charge on any atom is -0.366 e. The number of amides is 1. The van der Waals surface area contributed by atoms with Crippen LogP contribution in [0.2, 0.25) is 0 Å². The van der Waals surface area contributed by atoms with Crippen molar-refractivity contribution in [3.05, 3.63) is 17.7 Å². The summed E-state index contributed by atoms with van der Waals surface area (Å²) in [5.41, 5.74) is 5.87. The van der Waals surface area contributed by atoms with Crippen LogP contribution in [0, 0.1) is 0 Å². The summed E-state index contributed by atoms with van der Waals surface area (Å²) in [6, 6.07) is 3.72. The van der Waals surface area contributed by atoms with E-state index in [-0.39, 0.29) is 5.91 Å². The number of carbonyl (C=O) groups is 1. The van der Waals surface area contributed by atoms with Crippen molar-refractivity contribution in [2.24, 2.45) is 5.73 Å². The van der Waals surface area contributed by atoms with Crippen molar-refractivity contribution in [3.8, 4) is 0 Å². The van der Waals surface area contributed by atoms with E-state index in [2.05, 4.69) is 0 Å². The highest BCUT2D eigenvalue weighted by Crippen LogP contribution is 2.37. The van der Waals surface area contributed by atoms with E-state index < -0.39 is 0 Å². The lowest BCUT2D eigenvalue weighted by molar-refractivity contribution is 0.0999. The largest absolute Gasteiger partial charge is 0.366 e. The molecule has 0 heterocycles. The lowest BCUT2D eigenvalue weighted by Gasteiger charge is -2.11. The Morgan fingerprint density at radius 1 is 1.07 bits per heavy atom. The standard InChI is InChI=1S/C10H13NOS3/c1-13-7-4-6(10(11)12)5-8(14-2)9(7)15-3/h4-5H,1-3H3,(H2,11,12). The average molecular weight is 259 g/mol. The van der Waals surface area contributed by atoms with Gasteiger partial charge in [-0.1, -0.05) is 0 Å². The highest BCUT2D eigenvalue weighted by Gasteiger charge is 2.11. The third-order valence-electron chi connectivity index (χ3n) is 1.95. The normalized spacial score (nSPS) is 10.3. The average Bonchev–Trinajstić information content (AvgIpc) is 2.26. The van der Waals surface area contributed by atoms with Crippen LogP contribution >= 0.6 is 35.3 Å². The van der Waals surface area contributed by atoms with Crippen LogP contribution in [0.1, 0.15) is 10.4 Å². The molecule has 0 unspecified atom stereocenters. The number of nitrogens with two attached hydrogens (primary N) is 1. The van der Waals surface area contributed by atoms with Gasteiger partial charge < -0.3 is 5.73 Å². The van der Waals surface area contributed by atoms with Crippen molar-refractivity contribution in [2.75, 3.05) is 18.8 Å². The Bertz CT molecular complexity index is 354. The van der Waals surface area contributed by atoms with Gasteiger partial charge in [0.15, 0.2) is 0 Å². The van der Waals surface area contributed by atoms with Crippen molar-refractivity contribution in [3.63, 3.8) is 0 Å². The van der Waals surface area contributed by atoms with Gasteiger partial charge >= 0.3 is 0 Å². The number of rotatable bonds is 4. The smallest absolute Gasteiger partial charge is 0.248 e. The molecule has 82 valence electrons. The molecule has 1 amide bonds. The molecule has 0 aromatic heterocycles. The van der Waals surface area contributed by atoms with Gasteiger partial charge in [-0.3, -0.25) is 4.79 Å². The molecule has 0 fully saturated rings. The third kappa shape index (κ3) is 2.86. The first-order valence-corrected chi connectivity index (χ1v) is 7.91. The number of thioether (sulfide) groups is 3. The molecule has 1 rings (SSSR count). The zero-order valence-corrected chi connectivity index (χ0v) is 11.3. The van der Waals surface area contributed by atoms with Crippen LogP contribution in [0.5, 0.6) is 0 Å². The number of hydrogen-bond donors (Lipinski definition) is 1. The zero-order chi connectivity index (χ0) is 11.4. The van der Waals surface area contributed by atoms with Crippen molar-refractivity contribution >= 4 is 41.2 Å². The fourth-order valence-corrected chi connectivity index (χ4v) is 3.89. The fourth-order valence-electron chi connectivity index (χ4n) is 1.22. The molecule has 0 saturated heterocycles. The molecule has 0 aliphatic rings. The SMILES string of the molecule is CSc1cc(C(N)=O)cc(SC)c1SC. The Labute approximate surface area is 103 Å². The maximum atomic E-state index is 11.1. The van der Waals surface area contributed by atoms with Gasteiger partial charge in [0.05, 0.1) is 0 Å². The second-order valence-corrected chi connectivity index (χ2v) is 5.29. The van der Waals surface area contributed by atoms with E-state index in [4.69, 9.17) is 5.73 Å². The molecular weight excluding hydrogens is 246 g/mol. The maximum Gasteiger partial charge on any atom is 0.248 e. The van der Waals surface area contributed by atoms with Crippen molar-refractivity contribution < 1.29 is 4.79 Å². The second-order valence-electron chi connectivity index (χ2n) is 2.78. The Morgan fingerprint density at radius 2 is 1.53 bits per heavy atom. The molecule has 2 nitrogen and oxygen atoms in total. The molecule has 1 aromatic carbocycles. The van der Waals surface area contributed by atoms with Crippen LogP contribution in [0.3, 0.4) is 0 Å². The molecule has 0 radical (unpaired) electrons. The third-order valence-corrected chi connectivity index (χ3v) is 4.58. The van der Waals surface area contributed by atoms with Crippen molar-refractivity contribution in [1.29, 1.82) is 0 Å². The van der Waals surface area contributed by atoms with Gasteiger partial charge in [0, 0.05) is 20.2 Å². The molecule has 0 aliphatic heterocycles. The molecule has 0 spiro atoms. The fraction of sp³-hybridized carbons (Fsp3) is 0.300. The highest BCUT2D eigenvalue weighted by atomic mass is 32.2. The summed E-state index contributed by atoms with van der Waals surface area (Å²) in [6.45, 7) is 0. The summed E-state index contributed by atoms with van der Waals surface area (Å²) in [4.78, 5) is 14.6. The van der Waals surface area contributed by atoms with Gasteiger partial charge in [0.2, 0.25) is 5.91 Å². The Morgan fingerprint density at radius 3 is 1.80 bits per heavy atom. The summed E-state index contributed by atoms with van der Waals surface area (Å²) < 4.78 is 0. The van der Waals surface area contributed by atoms with Crippen LogP contribution in [-0.4, -0.2) is 24.7 Å². The summed E-state index contributed by atoms with van der Waals surface area (Å²) in [6.07, 6.45) is 6.05. The zero-order valence-electron chi connectivity index (χ0n) is 8.87. The summed E-state index contributed by atoms with van der Waals surface area (Å²) in [7, 11) is 0. The number of benzene rings is 1. The van der Waals surface area contributed by atoms with Gasteiger partial charge in [0.1, 0.15) is 0 Å². The van der Waals surface area contributed by atoms with Crippen LogP contribution in [0.4, 0.5) is 0 Å². The van der Waals surface area contributed by atoms with Gasteiger partial charge in [0.25, 0.3) is 0 Å². The number of carbonyl (C=O) groups excluding carboxylic acids is 1. The predicted molar refractivity (Wildman–Crippen MR) is 70.3 cm³/mol. The molecule has 5 heteroatoms. The van der Waals surface area contributed by atoms with Gasteiger partial charge in [-0.05, 0) is 30.9 Å². The molecule has 0 bridgehead atoms. The Hall–Kier alpha value is -0.260. The second kappa shape index (κ2) is 5.72. The van der Waals surface area contributed by atoms with Crippen LogP contribution in [0.15, 0.2) is 26.8 Å². The van der Waals surface area contributed by atoms with E-state index >= 15 is 0 Å². The molecule has 1 aromatic rings. The van der Waals surface area contributed by atoms with Crippen LogP contribution < -0.4 is 5.73 Å². The molecule has 0 saturated carbocycles. The van der Waals surface area contributed by atoms with E-state index in [1.54, 1.807) is 35.3 Å². The van der Waals surface area contributed by atoms with Gasteiger partial charge in [-0.2, -0.15) is 0 Å². The van der Waals surface area contributed by atoms with Crippen molar-refractivity contribution in [1.82, 2.24) is 0 Å². The highest BCUT2D eigenvalue weighted by molar-refractivity contribution is 8.03. The summed E-state index contributed by atoms with van der Waals surface area (Å²) in [5, 5.41) is 0. The van der Waals surface area contributed by atoms with E-state index in [0.717, 1.165) is 9.79 Å². The minimum absolute atomic E-state index is 0.367. The first-order valence-electron chi connectivity index (χ1n) is 4.23. The topological polar surface area (TPSA) is 43.1 Å². The lowest BCUT2D eigenvalue weighted by atomic mass is 10.2. The summed E-state index contributed by atoms with van der Waals surface area (Å²) in [5.74, 6) is -0.367. The van der Waals surface area contributed by atoms with E-state index in [1.807, 2.05) is 30.9 Å². The maximum absolute atomic E-state index is 11.1. The predicted octanol–water partition coefficient (Wildman–Crippen LogP) is 2.95. The van der Waals surface area contributed by atoms with E-state index in [0.29, 0.717) is 5.56 Å². The van der Waals surface area contributed by atoms with Gasteiger partial charge in [-0.15, -0.1) is 35.3 Å². The summed E-state index contributed by atoms with van der Waals surface area (Å²) >= 11 is 4.98. The first-order chi connectivity index (χ1) is 7.13. The van der Waals surface area contributed by atoms with Crippen LogP contribution in [-0.2, 0) is 0 Å². The Balaban J connectivity index is 3.35. The number of hydrogen-bond acceptors (Lipinski definition) is 4. The first kappa shape index (κ1) is 12.8. The minimum atomic E-state index is -0.367. The monoisotopic (exact) mass is 259 g/mol. The quantitative estimate of drug-likeness (QED) is 0.844. The molecule has 2 N–H and O–H groups in total. The number of primary amides is 1. The molecule has 0 aliphatic carbocycles. The molecule has 0 atom stereocenters. The lowest BCUT2D eigenvalue weighted by Crippen LogP contribution is -2.11. The molecule has 15 heavy (non-hydrogen) atoms. The molecular formula is C10H13NOS3. The Kier molecular flexibility index (Phi) is 4.89. The van der Waals surface area contributed by atoms with Crippen LogP contribution in [0.25, 0.3) is 0 Å².